The van der Waals surface area contributed by atoms with E-state index in [4.69, 9.17) is 27.9 Å². The molecule has 144 valence electrons. The number of ether oxygens (including phenoxy) is 1. The van der Waals surface area contributed by atoms with Crippen LogP contribution in [-0.2, 0) is 6.54 Å². The van der Waals surface area contributed by atoms with Crippen LogP contribution in [0.15, 0.2) is 72.8 Å². The van der Waals surface area contributed by atoms with Crippen LogP contribution in [0, 0.1) is 0 Å². The number of halogens is 2. The third-order valence-corrected chi connectivity index (χ3v) is 5.53. The van der Waals surface area contributed by atoms with E-state index in [1.54, 1.807) is 4.90 Å². The van der Waals surface area contributed by atoms with Crippen molar-refractivity contribution in [2.24, 2.45) is 0 Å². The van der Waals surface area contributed by atoms with Crippen molar-refractivity contribution in [2.45, 2.75) is 6.54 Å². The molecule has 5 heteroatoms. The fourth-order valence-corrected chi connectivity index (χ4v) is 3.89. The summed E-state index contributed by atoms with van der Waals surface area (Å²) >= 11 is 12.1. The van der Waals surface area contributed by atoms with Crippen molar-refractivity contribution in [2.75, 3.05) is 31.1 Å². The molecule has 1 aliphatic rings. The van der Waals surface area contributed by atoms with Crippen molar-refractivity contribution in [3.63, 3.8) is 0 Å². The number of piperazine rings is 1. The number of nitrogens with zero attached hydrogens (tertiary/aromatic N) is 1. The van der Waals surface area contributed by atoms with E-state index in [0.29, 0.717) is 5.02 Å². The van der Waals surface area contributed by atoms with Gasteiger partial charge in [-0.1, -0.05) is 41.4 Å². The highest BCUT2D eigenvalue weighted by Crippen LogP contribution is 2.24. The van der Waals surface area contributed by atoms with Crippen molar-refractivity contribution >= 4 is 28.9 Å². The molecule has 0 unspecified atom stereocenters. The molecule has 3 aromatic carbocycles. The Bertz CT molecular complexity index is 922. The van der Waals surface area contributed by atoms with Gasteiger partial charge in [0.25, 0.3) is 0 Å². The minimum Gasteiger partial charge on any atom is -0.457 e. The minimum atomic E-state index is 0.710. The van der Waals surface area contributed by atoms with Gasteiger partial charge in [-0.2, -0.15) is 0 Å². The van der Waals surface area contributed by atoms with Gasteiger partial charge in [0.15, 0.2) is 0 Å². The summed E-state index contributed by atoms with van der Waals surface area (Å²) in [6.07, 6.45) is 0. The fourth-order valence-electron chi connectivity index (χ4n) is 3.58. The standard InChI is InChI=1S/C23H22Cl2N2O/c24-19-7-9-22(10-8-19)28-23-6-1-3-18(15-23)17-26-11-13-27(14-12-26)21-5-2-4-20(25)16-21/h1-10,15-16H,11-14,17H2/p+1. The molecule has 0 amide bonds. The maximum absolute atomic E-state index is 6.13. The van der Waals surface area contributed by atoms with Gasteiger partial charge in [-0.25, -0.2) is 0 Å². The van der Waals surface area contributed by atoms with Gasteiger partial charge in [-0.15, -0.1) is 0 Å². The van der Waals surface area contributed by atoms with Crippen LogP contribution in [0.25, 0.3) is 0 Å². The zero-order valence-corrected chi connectivity index (χ0v) is 17.1. The van der Waals surface area contributed by atoms with Gasteiger partial charge in [0, 0.05) is 21.3 Å². The van der Waals surface area contributed by atoms with Crippen molar-refractivity contribution in [3.8, 4) is 11.5 Å². The summed E-state index contributed by atoms with van der Waals surface area (Å²) in [5.74, 6) is 1.65. The Balaban J connectivity index is 1.34. The van der Waals surface area contributed by atoms with E-state index in [1.165, 1.54) is 11.3 Å². The monoisotopic (exact) mass is 413 g/mol. The van der Waals surface area contributed by atoms with Crippen LogP contribution in [-0.4, -0.2) is 26.2 Å². The molecule has 28 heavy (non-hydrogen) atoms. The van der Waals surface area contributed by atoms with E-state index in [2.05, 4.69) is 29.2 Å². The van der Waals surface area contributed by atoms with Crippen molar-refractivity contribution < 1.29 is 9.64 Å². The van der Waals surface area contributed by atoms with E-state index in [-0.39, 0.29) is 0 Å². The van der Waals surface area contributed by atoms with E-state index in [1.807, 2.05) is 48.5 Å². The van der Waals surface area contributed by atoms with Crippen molar-refractivity contribution in [3.05, 3.63) is 88.4 Å². The molecular formula is C23H23Cl2N2O+. The smallest absolute Gasteiger partial charge is 0.127 e. The number of nitrogens with one attached hydrogen (secondary N) is 1. The average Bonchev–Trinajstić information content (AvgIpc) is 2.71. The molecule has 0 saturated carbocycles. The molecule has 0 aromatic heterocycles. The highest BCUT2D eigenvalue weighted by molar-refractivity contribution is 6.31. The van der Waals surface area contributed by atoms with Crippen LogP contribution < -0.4 is 14.5 Å². The summed E-state index contributed by atoms with van der Waals surface area (Å²) in [6, 6.07) is 23.9. The van der Waals surface area contributed by atoms with Gasteiger partial charge in [0.2, 0.25) is 0 Å². The van der Waals surface area contributed by atoms with Crippen LogP contribution in [0.4, 0.5) is 5.69 Å². The van der Waals surface area contributed by atoms with Crippen LogP contribution in [0.3, 0.4) is 0 Å². The number of anilines is 1. The molecule has 0 atom stereocenters. The van der Waals surface area contributed by atoms with Gasteiger partial charge >= 0.3 is 0 Å². The predicted octanol–water partition coefficient (Wildman–Crippen LogP) is 4.69. The Labute approximate surface area is 176 Å². The molecule has 1 saturated heterocycles. The Morgan fingerprint density at radius 2 is 1.54 bits per heavy atom. The minimum absolute atomic E-state index is 0.710. The summed E-state index contributed by atoms with van der Waals surface area (Å²) in [6.45, 7) is 5.29. The molecule has 3 nitrogen and oxygen atoms in total. The lowest BCUT2D eigenvalue weighted by Gasteiger charge is -2.33. The zero-order chi connectivity index (χ0) is 19.3. The van der Waals surface area contributed by atoms with Crippen molar-refractivity contribution in [1.29, 1.82) is 0 Å². The second-order valence-corrected chi connectivity index (χ2v) is 7.97. The lowest BCUT2D eigenvalue weighted by Crippen LogP contribution is -3.13. The van der Waals surface area contributed by atoms with Gasteiger partial charge in [-0.05, 0) is 54.6 Å². The fraction of sp³-hybridized carbons (Fsp3) is 0.217. The first kappa shape index (κ1) is 19.1. The van der Waals surface area contributed by atoms with E-state index < -0.39 is 0 Å². The Hall–Kier alpha value is -2.20. The summed E-state index contributed by atoms with van der Waals surface area (Å²) in [5.41, 5.74) is 2.50. The number of hydrogen-bond acceptors (Lipinski definition) is 2. The predicted molar refractivity (Wildman–Crippen MR) is 116 cm³/mol. The molecule has 1 aliphatic heterocycles. The number of quaternary nitrogens is 1. The molecule has 0 bridgehead atoms. The first-order chi connectivity index (χ1) is 13.7. The summed E-state index contributed by atoms with van der Waals surface area (Å²) in [5, 5.41) is 1.51. The molecule has 0 spiro atoms. The first-order valence-electron chi connectivity index (χ1n) is 9.52. The summed E-state index contributed by atoms with van der Waals surface area (Å²) in [4.78, 5) is 4.00. The lowest BCUT2D eigenvalue weighted by atomic mass is 10.1. The number of benzene rings is 3. The molecule has 0 aliphatic carbocycles. The van der Waals surface area contributed by atoms with Gasteiger partial charge in [0.1, 0.15) is 18.0 Å². The van der Waals surface area contributed by atoms with E-state index in [9.17, 15) is 0 Å². The highest BCUT2D eigenvalue weighted by Gasteiger charge is 2.20. The van der Waals surface area contributed by atoms with Crippen molar-refractivity contribution in [1.82, 2.24) is 0 Å². The summed E-state index contributed by atoms with van der Waals surface area (Å²) < 4.78 is 5.96. The molecule has 1 fully saturated rings. The van der Waals surface area contributed by atoms with E-state index in [0.717, 1.165) is 49.2 Å². The van der Waals surface area contributed by atoms with Gasteiger partial charge in [-0.3, -0.25) is 0 Å². The average molecular weight is 414 g/mol. The molecule has 0 radical (unpaired) electrons. The maximum atomic E-state index is 6.13. The Morgan fingerprint density at radius 1 is 0.786 bits per heavy atom. The number of hydrogen-bond donors (Lipinski definition) is 1. The molecule has 1 heterocycles. The number of rotatable bonds is 5. The molecular weight excluding hydrogens is 391 g/mol. The van der Waals surface area contributed by atoms with Crippen LogP contribution in [0.5, 0.6) is 11.5 Å². The first-order valence-corrected chi connectivity index (χ1v) is 10.3. The lowest BCUT2D eigenvalue weighted by molar-refractivity contribution is -0.914. The van der Waals surface area contributed by atoms with Gasteiger partial charge < -0.3 is 14.5 Å². The third-order valence-electron chi connectivity index (χ3n) is 5.05. The largest absolute Gasteiger partial charge is 0.457 e. The van der Waals surface area contributed by atoms with Crippen LogP contribution in [0.1, 0.15) is 5.56 Å². The topological polar surface area (TPSA) is 16.9 Å². The Kier molecular flexibility index (Phi) is 6.06. The molecule has 4 rings (SSSR count). The SMILES string of the molecule is Clc1ccc(Oc2cccc(C[NH+]3CCN(c4cccc(Cl)c4)CC3)c2)cc1. The molecule has 1 N–H and O–H groups in total. The van der Waals surface area contributed by atoms with Crippen LogP contribution in [0.2, 0.25) is 10.0 Å². The van der Waals surface area contributed by atoms with E-state index >= 15 is 0 Å². The highest BCUT2D eigenvalue weighted by atomic mass is 35.5. The second kappa shape index (κ2) is 8.87. The second-order valence-electron chi connectivity index (χ2n) is 7.10. The Morgan fingerprint density at radius 3 is 2.29 bits per heavy atom. The van der Waals surface area contributed by atoms with Crippen LogP contribution >= 0.6 is 23.2 Å². The molecule has 3 aromatic rings. The summed E-state index contributed by atoms with van der Waals surface area (Å²) in [7, 11) is 0. The maximum Gasteiger partial charge on any atom is 0.127 e. The zero-order valence-electron chi connectivity index (χ0n) is 15.6. The quantitative estimate of drug-likeness (QED) is 0.653. The third kappa shape index (κ3) is 4.99. The van der Waals surface area contributed by atoms with Gasteiger partial charge in [0.05, 0.1) is 26.2 Å². The normalized spacial score (nSPS) is 14.9.